The molecule has 5 nitrogen and oxygen atoms in total. The summed E-state index contributed by atoms with van der Waals surface area (Å²) >= 11 is 0. The predicted molar refractivity (Wildman–Crippen MR) is 84.5 cm³/mol. The molecule has 1 aromatic heterocycles. The fraction of sp³-hybridized carbons (Fsp3) is 0.250. The molecule has 3 rings (SSSR count). The number of hydrogen-bond donors (Lipinski definition) is 2. The van der Waals surface area contributed by atoms with Crippen LogP contribution in [0, 0.1) is 0 Å². The molecule has 2 heterocycles. The molecule has 5 heteroatoms. The molecule has 108 valence electrons. The Labute approximate surface area is 123 Å². The number of aromatic nitrogens is 1. The number of para-hydroxylation sites is 1. The average Bonchev–Trinajstić information content (AvgIpc) is 3.02. The van der Waals surface area contributed by atoms with Crippen LogP contribution in [0.3, 0.4) is 0 Å². The standard InChI is InChI=1S/C16H18N4O/c17-13-7-2-1-6-12(13)16(21)19-14-8-5-9-18-15(14)20-10-3-4-11-20/h1-2,5-9H,3-4,10-11,17H2,(H,19,21). The van der Waals surface area contributed by atoms with E-state index < -0.39 is 0 Å². The molecule has 1 aliphatic heterocycles. The fourth-order valence-electron chi connectivity index (χ4n) is 2.57. The van der Waals surface area contributed by atoms with Gasteiger partial charge in [-0.15, -0.1) is 0 Å². The molecule has 1 fully saturated rings. The number of amides is 1. The predicted octanol–water partition coefficient (Wildman–Crippen LogP) is 2.52. The zero-order valence-electron chi connectivity index (χ0n) is 11.7. The summed E-state index contributed by atoms with van der Waals surface area (Å²) in [4.78, 5) is 19.0. The Morgan fingerprint density at radius 2 is 1.90 bits per heavy atom. The first-order chi connectivity index (χ1) is 10.3. The summed E-state index contributed by atoms with van der Waals surface area (Å²) in [5.74, 6) is 0.624. The van der Waals surface area contributed by atoms with E-state index in [1.165, 1.54) is 0 Å². The number of anilines is 3. The third-order valence-corrected chi connectivity index (χ3v) is 3.65. The Morgan fingerprint density at radius 3 is 2.67 bits per heavy atom. The normalized spacial score (nSPS) is 14.2. The Balaban J connectivity index is 1.85. The van der Waals surface area contributed by atoms with Crippen molar-refractivity contribution in [2.75, 3.05) is 29.0 Å². The zero-order chi connectivity index (χ0) is 14.7. The van der Waals surface area contributed by atoms with Crippen molar-refractivity contribution < 1.29 is 4.79 Å². The number of nitrogens with one attached hydrogen (secondary N) is 1. The quantitative estimate of drug-likeness (QED) is 0.849. The van der Waals surface area contributed by atoms with Gasteiger partial charge in [0.25, 0.3) is 5.91 Å². The van der Waals surface area contributed by atoms with Gasteiger partial charge in [0.15, 0.2) is 5.82 Å². The summed E-state index contributed by atoms with van der Waals surface area (Å²) in [7, 11) is 0. The maximum absolute atomic E-state index is 12.4. The van der Waals surface area contributed by atoms with Gasteiger partial charge >= 0.3 is 0 Å². The summed E-state index contributed by atoms with van der Waals surface area (Å²) in [5.41, 5.74) is 7.53. The number of nitrogens with zero attached hydrogens (tertiary/aromatic N) is 2. The number of hydrogen-bond acceptors (Lipinski definition) is 4. The van der Waals surface area contributed by atoms with E-state index in [4.69, 9.17) is 5.73 Å². The molecule has 21 heavy (non-hydrogen) atoms. The highest BCUT2D eigenvalue weighted by atomic mass is 16.1. The molecule has 1 saturated heterocycles. The van der Waals surface area contributed by atoms with Crippen molar-refractivity contribution in [1.29, 1.82) is 0 Å². The lowest BCUT2D eigenvalue weighted by Gasteiger charge is -2.20. The van der Waals surface area contributed by atoms with Crippen LogP contribution in [-0.2, 0) is 0 Å². The van der Waals surface area contributed by atoms with Crippen LogP contribution in [-0.4, -0.2) is 24.0 Å². The Hall–Kier alpha value is -2.56. The second-order valence-corrected chi connectivity index (χ2v) is 5.11. The topological polar surface area (TPSA) is 71.2 Å². The second-order valence-electron chi connectivity index (χ2n) is 5.11. The van der Waals surface area contributed by atoms with Crippen molar-refractivity contribution in [3.63, 3.8) is 0 Å². The van der Waals surface area contributed by atoms with Crippen molar-refractivity contribution >= 4 is 23.1 Å². The highest BCUT2D eigenvalue weighted by Crippen LogP contribution is 2.26. The van der Waals surface area contributed by atoms with Crippen LogP contribution in [0.25, 0.3) is 0 Å². The van der Waals surface area contributed by atoms with Crippen molar-refractivity contribution in [3.05, 3.63) is 48.2 Å². The number of benzene rings is 1. The van der Waals surface area contributed by atoms with Crippen LogP contribution in [0.2, 0.25) is 0 Å². The summed E-state index contributed by atoms with van der Waals surface area (Å²) in [6.07, 6.45) is 4.07. The van der Waals surface area contributed by atoms with Gasteiger partial charge in [-0.3, -0.25) is 4.79 Å². The minimum Gasteiger partial charge on any atom is -0.398 e. The van der Waals surface area contributed by atoms with Gasteiger partial charge in [-0.25, -0.2) is 4.98 Å². The Bertz CT molecular complexity index is 650. The lowest BCUT2D eigenvalue weighted by molar-refractivity contribution is 0.102. The minimum absolute atomic E-state index is 0.207. The van der Waals surface area contributed by atoms with Crippen LogP contribution >= 0.6 is 0 Å². The van der Waals surface area contributed by atoms with Crippen molar-refractivity contribution in [1.82, 2.24) is 4.98 Å². The molecular weight excluding hydrogens is 264 g/mol. The third-order valence-electron chi connectivity index (χ3n) is 3.65. The minimum atomic E-state index is -0.207. The van der Waals surface area contributed by atoms with Gasteiger partial charge < -0.3 is 16.0 Å². The molecule has 0 unspecified atom stereocenters. The van der Waals surface area contributed by atoms with Crippen molar-refractivity contribution in [2.45, 2.75) is 12.8 Å². The van der Waals surface area contributed by atoms with Gasteiger partial charge in [0.2, 0.25) is 0 Å². The van der Waals surface area contributed by atoms with E-state index in [0.29, 0.717) is 11.3 Å². The van der Waals surface area contributed by atoms with Crippen molar-refractivity contribution in [2.24, 2.45) is 0 Å². The summed E-state index contributed by atoms with van der Waals surface area (Å²) in [6.45, 7) is 1.96. The zero-order valence-corrected chi connectivity index (χ0v) is 11.7. The molecule has 2 aromatic rings. The van der Waals surface area contributed by atoms with E-state index in [2.05, 4.69) is 15.2 Å². The van der Waals surface area contributed by atoms with E-state index >= 15 is 0 Å². The van der Waals surface area contributed by atoms with Gasteiger partial charge in [-0.2, -0.15) is 0 Å². The van der Waals surface area contributed by atoms with Gasteiger partial charge in [-0.1, -0.05) is 12.1 Å². The van der Waals surface area contributed by atoms with Crippen LogP contribution in [0.5, 0.6) is 0 Å². The average molecular weight is 282 g/mol. The molecular formula is C16H18N4O. The third kappa shape index (κ3) is 2.81. The molecule has 0 bridgehead atoms. The molecule has 1 aliphatic rings. The van der Waals surface area contributed by atoms with Crippen LogP contribution in [0.4, 0.5) is 17.2 Å². The van der Waals surface area contributed by atoms with Crippen LogP contribution < -0.4 is 16.0 Å². The van der Waals surface area contributed by atoms with Crippen LogP contribution in [0.1, 0.15) is 23.2 Å². The van der Waals surface area contributed by atoms with Gasteiger partial charge in [0.1, 0.15) is 0 Å². The Morgan fingerprint density at radius 1 is 1.14 bits per heavy atom. The Kier molecular flexibility index (Phi) is 3.73. The number of carbonyl (C=O) groups excluding carboxylic acids is 1. The van der Waals surface area contributed by atoms with E-state index in [1.54, 1.807) is 24.4 Å². The maximum Gasteiger partial charge on any atom is 0.257 e. The van der Waals surface area contributed by atoms with E-state index in [-0.39, 0.29) is 5.91 Å². The summed E-state index contributed by atoms with van der Waals surface area (Å²) < 4.78 is 0. The maximum atomic E-state index is 12.4. The van der Waals surface area contributed by atoms with E-state index in [9.17, 15) is 4.79 Å². The van der Waals surface area contributed by atoms with Gasteiger partial charge in [-0.05, 0) is 37.1 Å². The number of carbonyl (C=O) groups is 1. The fourth-order valence-corrected chi connectivity index (χ4v) is 2.57. The molecule has 0 radical (unpaired) electrons. The molecule has 3 N–H and O–H groups in total. The lowest BCUT2D eigenvalue weighted by Crippen LogP contribution is -2.22. The first kappa shape index (κ1) is 13.4. The molecule has 0 spiro atoms. The molecule has 0 saturated carbocycles. The number of nitrogens with two attached hydrogens (primary N) is 1. The monoisotopic (exact) mass is 282 g/mol. The second kappa shape index (κ2) is 5.83. The molecule has 0 aliphatic carbocycles. The smallest absolute Gasteiger partial charge is 0.257 e. The summed E-state index contributed by atoms with van der Waals surface area (Å²) in [5, 5.41) is 2.92. The highest BCUT2D eigenvalue weighted by molar-refractivity contribution is 6.08. The number of nitrogen functional groups attached to an aromatic ring is 1. The first-order valence-corrected chi connectivity index (χ1v) is 7.11. The van der Waals surface area contributed by atoms with Gasteiger partial charge in [0.05, 0.1) is 11.3 Å². The summed E-state index contributed by atoms with van der Waals surface area (Å²) in [6, 6.07) is 10.7. The highest BCUT2D eigenvalue weighted by Gasteiger charge is 2.18. The molecule has 1 aromatic carbocycles. The van der Waals surface area contributed by atoms with E-state index in [0.717, 1.165) is 37.4 Å². The van der Waals surface area contributed by atoms with Crippen molar-refractivity contribution in [3.8, 4) is 0 Å². The number of rotatable bonds is 3. The first-order valence-electron chi connectivity index (χ1n) is 7.11. The number of pyridine rings is 1. The molecule has 0 atom stereocenters. The molecule has 1 amide bonds. The van der Waals surface area contributed by atoms with Crippen LogP contribution in [0.15, 0.2) is 42.6 Å². The largest absolute Gasteiger partial charge is 0.398 e. The lowest BCUT2D eigenvalue weighted by atomic mass is 10.1. The SMILES string of the molecule is Nc1ccccc1C(=O)Nc1cccnc1N1CCCC1. The van der Waals surface area contributed by atoms with E-state index in [1.807, 2.05) is 18.2 Å². The van der Waals surface area contributed by atoms with Gasteiger partial charge in [0, 0.05) is 25.0 Å².